The highest BCUT2D eigenvalue weighted by Crippen LogP contribution is 2.55. The second-order valence-electron chi connectivity index (χ2n) is 20.6. The lowest BCUT2D eigenvalue weighted by atomic mass is 9.49. The number of aliphatic hydroxyl groups excluding tert-OH is 1. The molecule has 72 heavy (non-hydrogen) atoms. The number of halogens is 1. The van der Waals surface area contributed by atoms with Crippen LogP contribution in [0.4, 0.5) is 5.82 Å². The summed E-state index contributed by atoms with van der Waals surface area (Å²) in [6.45, 7) is 17.2. The molecule has 2 saturated heterocycles. The molecule has 3 aliphatic rings. The summed E-state index contributed by atoms with van der Waals surface area (Å²) in [5.41, 5.74) is 6.36. The first-order valence-electron chi connectivity index (χ1n) is 24.2. The Balaban J connectivity index is 0.776. The van der Waals surface area contributed by atoms with Gasteiger partial charge in [-0.05, 0) is 66.8 Å². The molecule has 0 radical (unpaired) electrons. The number of nitrogens with zero attached hydrogens (tertiary/aromatic N) is 8. The fraction of sp³-hybridized carbons (Fsp3) is 0.407. The zero-order valence-electron chi connectivity index (χ0n) is 41.5. The number of aliphatic hydroxyl groups is 1. The van der Waals surface area contributed by atoms with Gasteiger partial charge in [0.2, 0.25) is 17.7 Å². The van der Waals surface area contributed by atoms with Crippen LogP contribution in [0.1, 0.15) is 94.1 Å². The minimum atomic E-state index is -0.840. The zero-order valence-corrected chi connectivity index (χ0v) is 43.1. The molecule has 4 atom stereocenters. The summed E-state index contributed by atoms with van der Waals surface area (Å²) in [7, 11) is 0. The molecule has 4 aromatic heterocycles. The van der Waals surface area contributed by atoms with Gasteiger partial charge in [-0.3, -0.25) is 19.1 Å². The van der Waals surface area contributed by atoms with Crippen molar-refractivity contribution in [3.8, 4) is 39.3 Å². The molecular weight excluding hydrogens is 952 g/mol. The topological polar surface area (TPSA) is 201 Å². The molecule has 0 unspecified atom stereocenters. The molecule has 6 aromatic rings. The maximum Gasteiger partial charge on any atom is 0.253 e. The van der Waals surface area contributed by atoms with Gasteiger partial charge < -0.3 is 35.0 Å². The van der Waals surface area contributed by atoms with E-state index in [4.69, 9.17) is 21.1 Å². The molecule has 3 amide bonds. The highest BCUT2D eigenvalue weighted by Gasteiger charge is 2.64. The first-order chi connectivity index (χ1) is 34.3. The summed E-state index contributed by atoms with van der Waals surface area (Å²) in [5.74, 6) is 0.723. The lowest BCUT2D eigenvalue weighted by Gasteiger charge is -2.63. The molecule has 1 saturated carbocycles. The third-order valence-corrected chi connectivity index (χ3v) is 15.7. The van der Waals surface area contributed by atoms with Crippen LogP contribution in [0.3, 0.4) is 0 Å². The molecular formula is C54H59ClN10O6S. The largest absolute Gasteiger partial charge is 0.489 e. The number of hydrogen-bond donors (Lipinski definition) is 3. The lowest BCUT2D eigenvalue weighted by molar-refractivity contribution is -0.164. The van der Waals surface area contributed by atoms with Crippen LogP contribution in [0, 0.1) is 35.0 Å². The minimum Gasteiger partial charge on any atom is -0.489 e. The number of benzene rings is 2. The van der Waals surface area contributed by atoms with E-state index in [1.807, 2.05) is 81.9 Å². The van der Waals surface area contributed by atoms with Crippen LogP contribution in [-0.4, -0.2) is 102 Å². The number of rotatable bonds is 15. The number of nitrogens with one attached hydrogen (secondary N) is 2. The fourth-order valence-electron chi connectivity index (χ4n) is 10.8. The van der Waals surface area contributed by atoms with E-state index in [9.17, 15) is 24.8 Å². The molecule has 16 nitrogen and oxygen atoms in total. The molecule has 18 heteroatoms. The Morgan fingerprint density at radius 1 is 0.903 bits per heavy atom. The number of pyridine rings is 2. The molecule has 3 N–H and O–H groups in total. The molecule has 9 rings (SSSR count). The Hall–Kier alpha value is -6.87. The Labute approximate surface area is 428 Å². The average molecular weight is 1010 g/mol. The first kappa shape index (κ1) is 50.1. The zero-order chi connectivity index (χ0) is 51.2. The highest BCUT2D eigenvalue weighted by molar-refractivity contribution is 7.13. The van der Waals surface area contributed by atoms with Gasteiger partial charge in [0, 0.05) is 66.1 Å². The van der Waals surface area contributed by atoms with Gasteiger partial charge in [0.05, 0.1) is 63.7 Å². The molecule has 1 aliphatic carbocycles. The van der Waals surface area contributed by atoms with Crippen molar-refractivity contribution in [2.45, 2.75) is 104 Å². The Morgan fingerprint density at radius 3 is 2.31 bits per heavy atom. The first-order valence-corrected chi connectivity index (χ1v) is 25.4. The number of carbonyl (C=O) groups is 3. The normalized spacial score (nSPS) is 21.0. The number of thiazole rings is 1. The smallest absolute Gasteiger partial charge is 0.253 e. The predicted octanol–water partition coefficient (Wildman–Crippen LogP) is 8.21. The van der Waals surface area contributed by atoms with E-state index in [1.54, 1.807) is 58.9 Å². The molecule has 2 aromatic carbocycles. The van der Waals surface area contributed by atoms with Crippen LogP contribution in [0.25, 0.3) is 21.6 Å². The van der Waals surface area contributed by atoms with E-state index in [1.165, 1.54) is 4.90 Å². The van der Waals surface area contributed by atoms with Gasteiger partial charge in [0.15, 0.2) is 0 Å². The van der Waals surface area contributed by atoms with E-state index in [0.717, 1.165) is 38.6 Å². The van der Waals surface area contributed by atoms with Gasteiger partial charge in [-0.2, -0.15) is 10.4 Å². The number of amides is 3. The number of anilines is 1. The second-order valence-corrected chi connectivity index (χ2v) is 21.9. The van der Waals surface area contributed by atoms with Crippen LogP contribution in [0.2, 0.25) is 5.02 Å². The van der Waals surface area contributed by atoms with E-state index in [-0.39, 0.29) is 60.9 Å². The third kappa shape index (κ3) is 9.87. The van der Waals surface area contributed by atoms with Crippen LogP contribution in [-0.2, 0) is 9.59 Å². The molecule has 3 fully saturated rings. The van der Waals surface area contributed by atoms with E-state index in [0.29, 0.717) is 40.9 Å². The van der Waals surface area contributed by atoms with Crippen LogP contribution < -0.4 is 25.0 Å². The number of nitriles is 1. The van der Waals surface area contributed by atoms with Crippen LogP contribution in [0.15, 0.2) is 97.0 Å². The van der Waals surface area contributed by atoms with Gasteiger partial charge in [-0.25, -0.2) is 15.0 Å². The summed E-state index contributed by atoms with van der Waals surface area (Å²) in [4.78, 5) is 59.8. The summed E-state index contributed by atoms with van der Waals surface area (Å²) in [6, 6.07) is 20.3. The van der Waals surface area contributed by atoms with Gasteiger partial charge in [0.1, 0.15) is 41.9 Å². The van der Waals surface area contributed by atoms with Crippen molar-refractivity contribution in [3.63, 3.8) is 0 Å². The van der Waals surface area contributed by atoms with Crippen molar-refractivity contribution in [2.24, 2.45) is 16.7 Å². The lowest BCUT2D eigenvalue weighted by Crippen LogP contribution is -2.74. The Morgan fingerprint density at radius 2 is 1.65 bits per heavy atom. The van der Waals surface area contributed by atoms with Crippen molar-refractivity contribution in [3.05, 3.63) is 124 Å². The molecule has 2 aliphatic heterocycles. The molecule has 0 spiro atoms. The van der Waals surface area contributed by atoms with Crippen LogP contribution >= 0.6 is 22.9 Å². The quantitative estimate of drug-likeness (QED) is 0.0892. The van der Waals surface area contributed by atoms with Crippen molar-refractivity contribution in [2.75, 3.05) is 24.5 Å². The number of aryl methyl sites for hydroxylation is 1. The summed E-state index contributed by atoms with van der Waals surface area (Å²) >= 11 is 7.85. The number of hydrogen-bond acceptors (Lipinski definition) is 13. The van der Waals surface area contributed by atoms with E-state index >= 15 is 0 Å². The number of carbonyl (C=O) groups excluding carboxylic acids is 3. The standard InChI is InChI=1S/C54H59ClN10O6S/c1-30(2)46(50(69)64-26-39(66)20-43(64)49(68)61-31(3)33-9-11-34(12-10-33)47-32(4)59-29-72-47)65-25-38(24-60-65)35-17-18-57-45(19-35)70-41-27-63(28-41)44-16-14-37(23-58-44)48(67)62-51-53(5,6)52(54(51,7)8)71-40-15-13-36(22-56)42(55)21-40/h9-19,21,23-25,29-31,39,41,43,46,51-52,66H,20,26-28H2,1-8H3,(H,61,68)(H,62,67)/t31-,39+,43-,46+,51?,52?/m0/s1. The number of aromatic nitrogens is 5. The monoisotopic (exact) mass is 1010 g/mol. The molecule has 0 bridgehead atoms. The summed E-state index contributed by atoms with van der Waals surface area (Å²) < 4.78 is 14.3. The van der Waals surface area contributed by atoms with Crippen molar-refractivity contribution in [1.82, 2.24) is 40.3 Å². The summed E-state index contributed by atoms with van der Waals surface area (Å²) in [6.07, 6.45) is 5.70. The van der Waals surface area contributed by atoms with Crippen molar-refractivity contribution < 1.29 is 29.0 Å². The van der Waals surface area contributed by atoms with Gasteiger partial charge >= 0.3 is 0 Å². The maximum atomic E-state index is 14.4. The second kappa shape index (κ2) is 20.0. The van der Waals surface area contributed by atoms with Crippen molar-refractivity contribution >= 4 is 46.5 Å². The Kier molecular flexibility index (Phi) is 13.9. The predicted molar refractivity (Wildman–Crippen MR) is 275 cm³/mol. The minimum absolute atomic E-state index is 0.0453. The maximum absolute atomic E-state index is 14.4. The van der Waals surface area contributed by atoms with E-state index < -0.39 is 29.0 Å². The van der Waals surface area contributed by atoms with Gasteiger partial charge in [0.25, 0.3) is 5.91 Å². The number of ether oxygens (including phenoxy) is 2. The average Bonchev–Trinajstić information content (AvgIpc) is 4.11. The number of likely N-dealkylation sites (tertiary alicyclic amines) is 1. The van der Waals surface area contributed by atoms with Gasteiger partial charge in [-0.1, -0.05) is 77.4 Å². The molecule has 374 valence electrons. The fourth-order valence-corrected chi connectivity index (χ4v) is 11.8. The Bertz CT molecular complexity index is 3000. The molecule has 6 heterocycles. The highest BCUT2D eigenvalue weighted by atomic mass is 35.5. The van der Waals surface area contributed by atoms with Crippen molar-refractivity contribution in [1.29, 1.82) is 5.26 Å². The third-order valence-electron chi connectivity index (χ3n) is 14.4. The number of β-amino-alcohol motifs (C(OH)–C–C–N with tert-alkyl or cyclic N) is 1. The summed E-state index contributed by atoms with van der Waals surface area (Å²) in [5, 5.41) is 31.3. The SMILES string of the molecule is Cc1ncsc1-c1ccc([C@H](C)NC(=O)[C@@H]2C[C@@H](O)CN2C(=O)[C@@H](C(C)C)n2cc(-c3ccnc(OC4CN(c5ccc(C(=O)NC6C(C)(C)C(Oc7ccc(C#N)c(Cl)c7)C6(C)C)cn5)C4)c3)cn2)cc1. The van der Waals surface area contributed by atoms with E-state index in [2.05, 4.69) is 69.3 Å². The van der Waals surface area contributed by atoms with Gasteiger partial charge in [-0.15, -0.1) is 11.3 Å². The van der Waals surface area contributed by atoms with Crippen LogP contribution in [0.5, 0.6) is 11.6 Å².